The summed E-state index contributed by atoms with van der Waals surface area (Å²) in [5.41, 5.74) is 6.66. The molecule has 1 aliphatic carbocycles. The number of carbonyl (C=O) groups excluding carboxylic acids is 1. The number of carbonyl (C=O) groups is 1. The van der Waals surface area contributed by atoms with Gasteiger partial charge in [0.25, 0.3) is 0 Å². The van der Waals surface area contributed by atoms with Crippen molar-refractivity contribution in [2.24, 2.45) is 22.7 Å². The van der Waals surface area contributed by atoms with Gasteiger partial charge in [-0.1, -0.05) is 28.0 Å². The Bertz CT molecular complexity index is 527. The Balaban J connectivity index is 2.21. The maximum Gasteiger partial charge on any atom is 0.227 e. The average Bonchev–Trinajstić information content (AvgIpc) is 3.23. The maximum atomic E-state index is 12.1. The van der Waals surface area contributed by atoms with Gasteiger partial charge in [0.05, 0.1) is 5.69 Å². The molecule has 1 amide bonds. The van der Waals surface area contributed by atoms with E-state index in [0.29, 0.717) is 17.2 Å². The molecule has 1 aromatic carbocycles. The summed E-state index contributed by atoms with van der Waals surface area (Å²) in [7, 11) is 0. The Hall–Kier alpha value is -1.56. The van der Waals surface area contributed by atoms with E-state index in [1.54, 1.807) is 18.2 Å². The van der Waals surface area contributed by atoms with Crippen molar-refractivity contribution in [3.05, 3.63) is 28.2 Å². The summed E-state index contributed by atoms with van der Waals surface area (Å²) in [6, 6.07) is 5.23. The zero-order chi connectivity index (χ0) is 14.0. The second-order valence-electron chi connectivity index (χ2n) is 4.79. The van der Waals surface area contributed by atoms with E-state index in [4.69, 9.17) is 10.9 Å². The number of hydrogen-bond donors (Lipinski definition) is 3. The van der Waals surface area contributed by atoms with Gasteiger partial charge in [-0.3, -0.25) is 4.79 Å². The minimum Gasteiger partial charge on any atom is -0.409 e. The molecule has 19 heavy (non-hydrogen) atoms. The van der Waals surface area contributed by atoms with E-state index in [2.05, 4.69) is 26.4 Å². The van der Waals surface area contributed by atoms with E-state index in [-0.39, 0.29) is 17.7 Å². The van der Waals surface area contributed by atoms with Crippen LogP contribution in [0.25, 0.3) is 0 Å². The molecule has 1 atom stereocenters. The van der Waals surface area contributed by atoms with E-state index in [1.165, 1.54) is 0 Å². The van der Waals surface area contributed by atoms with Crippen LogP contribution in [0.2, 0.25) is 0 Å². The Kier molecular flexibility index (Phi) is 4.09. The number of nitrogens with zero attached hydrogens (tertiary/aromatic N) is 1. The van der Waals surface area contributed by atoms with Crippen molar-refractivity contribution in [2.75, 3.05) is 5.32 Å². The van der Waals surface area contributed by atoms with Crippen LogP contribution in [0.15, 0.2) is 27.8 Å². The van der Waals surface area contributed by atoms with Crippen LogP contribution in [0.5, 0.6) is 0 Å². The van der Waals surface area contributed by atoms with Gasteiger partial charge in [0, 0.05) is 16.0 Å². The third-order valence-corrected chi connectivity index (χ3v) is 3.86. The summed E-state index contributed by atoms with van der Waals surface area (Å²) in [6.45, 7) is 1.93. The second-order valence-corrected chi connectivity index (χ2v) is 5.71. The maximum absolute atomic E-state index is 12.1. The first kappa shape index (κ1) is 13.9. The van der Waals surface area contributed by atoms with Crippen molar-refractivity contribution >= 4 is 33.4 Å². The Labute approximate surface area is 120 Å². The summed E-state index contributed by atoms with van der Waals surface area (Å²) in [4.78, 5) is 12.1. The monoisotopic (exact) mass is 325 g/mol. The van der Waals surface area contributed by atoms with Gasteiger partial charge in [-0.05, 0) is 37.0 Å². The largest absolute Gasteiger partial charge is 0.409 e. The smallest absolute Gasteiger partial charge is 0.227 e. The normalized spacial score (nSPS) is 17.1. The first-order chi connectivity index (χ1) is 9.02. The molecule has 6 heteroatoms. The molecule has 0 saturated heterocycles. The third-order valence-electron chi connectivity index (χ3n) is 3.37. The molecular weight excluding hydrogens is 310 g/mol. The highest BCUT2D eigenvalue weighted by Crippen LogP contribution is 2.37. The van der Waals surface area contributed by atoms with Crippen LogP contribution in [0.3, 0.4) is 0 Å². The molecule has 0 aromatic heterocycles. The fourth-order valence-electron chi connectivity index (χ4n) is 1.95. The lowest BCUT2D eigenvalue weighted by Gasteiger charge is -2.14. The van der Waals surface area contributed by atoms with Crippen molar-refractivity contribution in [2.45, 2.75) is 19.8 Å². The third kappa shape index (κ3) is 3.26. The summed E-state index contributed by atoms with van der Waals surface area (Å²) in [5, 5.41) is 14.6. The lowest BCUT2D eigenvalue weighted by Crippen LogP contribution is -2.24. The molecule has 1 fully saturated rings. The van der Waals surface area contributed by atoms with Crippen LogP contribution in [0, 0.1) is 11.8 Å². The summed E-state index contributed by atoms with van der Waals surface area (Å²) < 4.78 is 0.794. The van der Waals surface area contributed by atoms with Crippen LogP contribution in [-0.2, 0) is 4.79 Å². The van der Waals surface area contributed by atoms with Gasteiger partial charge in [-0.15, -0.1) is 0 Å². The number of hydrogen-bond acceptors (Lipinski definition) is 3. The predicted octanol–water partition coefficient (Wildman–Crippen LogP) is 2.53. The molecule has 1 saturated carbocycles. The minimum absolute atomic E-state index is 0.0104. The first-order valence-electron chi connectivity index (χ1n) is 6.11. The van der Waals surface area contributed by atoms with E-state index in [9.17, 15) is 4.79 Å². The zero-order valence-corrected chi connectivity index (χ0v) is 12.1. The summed E-state index contributed by atoms with van der Waals surface area (Å²) in [6.07, 6.45) is 2.23. The molecule has 0 aliphatic heterocycles. The number of amidine groups is 1. The molecule has 1 aliphatic rings. The second kappa shape index (κ2) is 5.61. The van der Waals surface area contributed by atoms with Crippen molar-refractivity contribution in [3.8, 4) is 0 Å². The number of anilines is 1. The highest BCUT2D eigenvalue weighted by Gasteiger charge is 2.32. The van der Waals surface area contributed by atoms with Crippen LogP contribution >= 0.6 is 15.9 Å². The van der Waals surface area contributed by atoms with Crippen molar-refractivity contribution in [1.29, 1.82) is 0 Å². The molecule has 5 nitrogen and oxygen atoms in total. The van der Waals surface area contributed by atoms with Gasteiger partial charge in [0.1, 0.15) is 0 Å². The highest BCUT2D eigenvalue weighted by molar-refractivity contribution is 9.10. The molecular formula is C13H16BrN3O2. The Morgan fingerprint density at radius 2 is 2.26 bits per heavy atom. The van der Waals surface area contributed by atoms with Crippen LogP contribution in [0.4, 0.5) is 5.69 Å². The number of nitrogens with one attached hydrogen (secondary N) is 1. The molecule has 0 spiro atoms. The number of halogens is 1. The summed E-state index contributed by atoms with van der Waals surface area (Å²) >= 11 is 3.32. The highest BCUT2D eigenvalue weighted by atomic mass is 79.9. The van der Waals surface area contributed by atoms with E-state index < -0.39 is 0 Å². The Morgan fingerprint density at radius 3 is 2.84 bits per heavy atom. The molecule has 1 unspecified atom stereocenters. The van der Waals surface area contributed by atoms with Gasteiger partial charge < -0.3 is 16.3 Å². The SMILES string of the molecule is CC(C(=O)Nc1ccc(Br)cc1/C(N)=N/O)C1CC1. The number of rotatable bonds is 4. The predicted molar refractivity (Wildman–Crippen MR) is 77.2 cm³/mol. The molecule has 102 valence electrons. The number of oxime groups is 1. The van der Waals surface area contributed by atoms with Crippen LogP contribution in [0.1, 0.15) is 25.3 Å². The number of amides is 1. The van der Waals surface area contributed by atoms with E-state index >= 15 is 0 Å². The van der Waals surface area contributed by atoms with Gasteiger partial charge in [-0.2, -0.15) is 0 Å². The van der Waals surface area contributed by atoms with Gasteiger partial charge in [0.15, 0.2) is 5.84 Å². The number of nitrogens with two attached hydrogens (primary N) is 1. The van der Waals surface area contributed by atoms with Crippen molar-refractivity contribution < 1.29 is 10.0 Å². The molecule has 0 radical (unpaired) electrons. The summed E-state index contributed by atoms with van der Waals surface area (Å²) in [5.74, 6) is 0.416. The molecule has 4 N–H and O–H groups in total. The quantitative estimate of drug-likeness (QED) is 0.344. The topological polar surface area (TPSA) is 87.7 Å². The fraction of sp³-hybridized carbons (Fsp3) is 0.385. The Morgan fingerprint density at radius 1 is 1.58 bits per heavy atom. The van der Waals surface area contributed by atoms with Crippen molar-refractivity contribution in [3.63, 3.8) is 0 Å². The van der Waals surface area contributed by atoms with Crippen LogP contribution < -0.4 is 11.1 Å². The van der Waals surface area contributed by atoms with Gasteiger partial charge >= 0.3 is 0 Å². The van der Waals surface area contributed by atoms with Crippen molar-refractivity contribution in [1.82, 2.24) is 0 Å². The van der Waals surface area contributed by atoms with Gasteiger partial charge in [-0.25, -0.2) is 0 Å². The van der Waals surface area contributed by atoms with Crippen LogP contribution in [-0.4, -0.2) is 17.0 Å². The zero-order valence-electron chi connectivity index (χ0n) is 10.6. The lowest BCUT2D eigenvalue weighted by molar-refractivity contribution is -0.119. The van der Waals surface area contributed by atoms with E-state index in [1.807, 2.05) is 6.92 Å². The lowest BCUT2D eigenvalue weighted by atomic mass is 10.0. The molecule has 2 rings (SSSR count). The van der Waals surface area contributed by atoms with Gasteiger partial charge in [0.2, 0.25) is 5.91 Å². The van der Waals surface area contributed by atoms with E-state index in [0.717, 1.165) is 17.3 Å². The fourth-order valence-corrected chi connectivity index (χ4v) is 2.31. The average molecular weight is 326 g/mol. The molecule has 0 heterocycles. The number of benzene rings is 1. The standard InChI is InChI=1S/C13H16BrN3O2/c1-7(8-2-3-8)13(18)16-11-5-4-9(14)6-10(11)12(15)17-19/h4-8,19H,2-3H2,1H3,(H2,15,17)(H,16,18). The molecule has 0 bridgehead atoms. The molecule has 1 aromatic rings. The first-order valence-corrected chi connectivity index (χ1v) is 6.90. The minimum atomic E-state index is -0.0318.